The topological polar surface area (TPSA) is 32.3 Å². The van der Waals surface area contributed by atoms with Crippen molar-refractivity contribution in [2.24, 2.45) is 0 Å². The second-order valence-electron chi connectivity index (χ2n) is 5.76. The summed E-state index contributed by atoms with van der Waals surface area (Å²) in [4.78, 5) is 14.7. The summed E-state index contributed by atoms with van der Waals surface area (Å²) < 4.78 is 0. The van der Waals surface area contributed by atoms with Crippen molar-refractivity contribution in [2.75, 3.05) is 11.9 Å². The molecule has 0 spiro atoms. The number of amides is 1. The van der Waals surface area contributed by atoms with Gasteiger partial charge in [0.15, 0.2) is 0 Å². The number of allylic oxidation sites excluding steroid dienone is 1. The number of nitrogens with zero attached hydrogens (tertiary/aromatic N) is 1. The Morgan fingerprint density at radius 3 is 2.35 bits per heavy atom. The van der Waals surface area contributed by atoms with Gasteiger partial charge in [0, 0.05) is 30.0 Å². The smallest absolute Gasteiger partial charge is 0.251 e. The summed E-state index contributed by atoms with van der Waals surface area (Å²) in [6, 6.07) is 20.2. The van der Waals surface area contributed by atoms with Crippen LogP contribution in [0.15, 0.2) is 71.9 Å². The fourth-order valence-corrected chi connectivity index (χ4v) is 2.95. The quantitative estimate of drug-likeness (QED) is 0.840. The van der Waals surface area contributed by atoms with Crippen LogP contribution in [0.4, 0.5) is 5.69 Å². The maximum atomic E-state index is 12.7. The van der Waals surface area contributed by atoms with Crippen LogP contribution in [0.25, 0.3) is 0 Å². The molecule has 1 aliphatic heterocycles. The number of rotatable bonds is 5. The number of nitrogens with one attached hydrogen (secondary N) is 1. The van der Waals surface area contributed by atoms with Crippen molar-refractivity contribution in [1.29, 1.82) is 0 Å². The van der Waals surface area contributed by atoms with Crippen molar-refractivity contribution >= 4 is 11.6 Å². The maximum Gasteiger partial charge on any atom is 0.251 e. The molecule has 0 aromatic heterocycles. The highest BCUT2D eigenvalue weighted by molar-refractivity contribution is 5.96. The normalized spacial score (nSPS) is 16.6. The minimum atomic E-state index is 0.161. The molecule has 1 aliphatic rings. The molecule has 118 valence electrons. The largest absolute Gasteiger partial charge is 0.359 e. The molecule has 3 rings (SSSR count). The Bertz CT molecular complexity index is 692. The number of carbonyl (C=O) groups excluding carboxylic acids is 1. The number of benzene rings is 2. The Kier molecular flexibility index (Phi) is 4.77. The zero-order chi connectivity index (χ0) is 16.1. The highest BCUT2D eigenvalue weighted by atomic mass is 16.2. The van der Waals surface area contributed by atoms with Gasteiger partial charge in [-0.2, -0.15) is 0 Å². The van der Waals surface area contributed by atoms with Gasteiger partial charge in [0.1, 0.15) is 0 Å². The number of para-hydroxylation sites is 1. The number of likely N-dealkylation sites (tertiary alicyclic amines) is 1. The molecule has 1 saturated heterocycles. The van der Waals surface area contributed by atoms with E-state index in [1.54, 1.807) is 0 Å². The molecule has 1 fully saturated rings. The van der Waals surface area contributed by atoms with E-state index >= 15 is 0 Å². The maximum absolute atomic E-state index is 12.7. The van der Waals surface area contributed by atoms with Gasteiger partial charge >= 0.3 is 0 Å². The lowest BCUT2D eigenvalue weighted by molar-refractivity contribution is -0.125. The zero-order valence-corrected chi connectivity index (χ0v) is 13.5. The SMILES string of the molecule is CC/C(Nc1ccccc1)=C1\CCN(Cc2ccccc2)C1=O. The molecule has 0 bridgehead atoms. The van der Waals surface area contributed by atoms with E-state index in [1.165, 1.54) is 5.56 Å². The summed E-state index contributed by atoms with van der Waals surface area (Å²) >= 11 is 0. The molecule has 1 heterocycles. The van der Waals surface area contributed by atoms with Crippen molar-refractivity contribution in [3.8, 4) is 0 Å². The van der Waals surface area contributed by atoms with Gasteiger partial charge in [0.2, 0.25) is 0 Å². The third-order valence-corrected chi connectivity index (χ3v) is 4.18. The van der Waals surface area contributed by atoms with E-state index in [2.05, 4.69) is 24.4 Å². The van der Waals surface area contributed by atoms with E-state index in [1.807, 2.05) is 53.4 Å². The summed E-state index contributed by atoms with van der Waals surface area (Å²) in [7, 11) is 0. The van der Waals surface area contributed by atoms with Gasteiger partial charge in [-0.1, -0.05) is 55.5 Å². The lowest BCUT2D eigenvalue weighted by Gasteiger charge is -2.16. The van der Waals surface area contributed by atoms with Crippen molar-refractivity contribution < 1.29 is 4.79 Å². The highest BCUT2D eigenvalue weighted by Crippen LogP contribution is 2.25. The molecule has 1 N–H and O–H groups in total. The predicted octanol–water partition coefficient (Wildman–Crippen LogP) is 4.20. The minimum Gasteiger partial charge on any atom is -0.359 e. The first-order valence-corrected chi connectivity index (χ1v) is 8.15. The second-order valence-corrected chi connectivity index (χ2v) is 5.76. The standard InChI is InChI=1S/C20H22N2O/c1-2-19(21-17-11-7-4-8-12-17)18-13-14-22(20(18)23)15-16-9-5-3-6-10-16/h3-12,21H,2,13-15H2,1H3/b19-18-. The van der Waals surface area contributed by atoms with Crippen LogP contribution < -0.4 is 5.32 Å². The Balaban J connectivity index is 1.75. The van der Waals surface area contributed by atoms with Gasteiger partial charge < -0.3 is 10.2 Å². The molecule has 0 unspecified atom stereocenters. The molecule has 0 radical (unpaired) electrons. The third-order valence-electron chi connectivity index (χ3n) is 4.18. The van der Waals surface area contributed by atoms with Crippen LogP contribution in [0.2, 0.25) is 0 Å². The average molecular weight is 306 g/mol. The lowest BCUT2D eigenvalue weighted by Crippen LogP contribution is -2.25. The summed E-state index contributed by atoms with van der Waals surface area (Å²) in [6.07, 6.45) is 1.64. The average Bonchev–Trinajstić information content (AvgIpc) is 2.95. The number of hydrogen-bond donors (Lipinski definition) is 1. The van der Waals surface area contributed by atoms with Crippen LogP contribution in [0.3, 0.4) is 0 Å². The minimum absolute atomic E-state index is 0.161. The number of hydrogen-bond acceptors (Lipinski definition) is 2. The van der Waals surface area contributed by atoms with Crippen molar-refractivity contribution in [3.05, 3.63) is 77.5 Å². The Morgan fingerprint density at radius 2 is 1.70 bits per heavy atom. The molecule has 0 aliphatic carbocycles. The molecule has 2 aromatic rings. The first-order valence-electron chi connectivity index (χ1n) is 8.15. The predicted molar refractivity (Wildman–Crippen MR) is 93.9 cm³/mol. The lowest BCUT2D eigenvalue weighted by atomic mass is 10.1. The van der Waals surface area contributed by atoms with E-state index in [9.17, 15) is 4.79 Å². The zero-order valence-electron chi connectivity index (χ0n) is 13.5. The Morgan fingerprint density at radius 1 is 1.04 bits per heavy atom. The summed E-state index contributed by atoms with van der Waals surface area (Å²) in [5.41, 5.74) is 4.17. The fourth-order valence-electron chi connectivity index (χ4n) is 2.95. The second kappa shape index (κ2) is 7.14. The van der Waals surface area contributed by atoms with Gasteiger partial charge in [0.05, 0.1) is 0 Å². The molecular weight excluding hydrogens is 284 g/mol. The van der Waals surface area contributed by atoms with Gasteiger partial charge in [-0.25, -0.2) is 0 Å². The van der Waals surface area contributed by atoms with E-state index in [0.717, 1.165) is 36.3 Å². The molecular formula is C20H22N2O. The van der Waals surface area contributed by atoms with E-state index in [-0.39, 0.29) is 5.91 Å². The van der Waals surface area contributed by atoms with Crippen LogP contribution >= 0.6 is 0 Å². The van der Waals surface area contributed by atoms with Gasteiger partial charge in [-0.05, 0) is 30.5 Å². The van der Waals surface area contributed by atoms with Crippen molar-refractivity contribution in [1.82, 2.24) is 4.90 Å². The van der Waals surface area contributed by atoms with Gasteiger partial charge in [-0.3, -0.25) is 4.79 Å². The fraction of sp³-hybridized carbons (Fsp3) is 0.250. The molecule has 3 heteroatoms. The monoisotopic (exact) mass is 306 g/mol. The van der Waals surface area contributed by atoms with Gasteiger partial charge in [-0.15, -0.1) is 0 Å². The van der Waals surface area contributed by atoms with E-state index < -0.39 is 0 Å². The Labute approximate surface area is 137 Å². The van der Waals surface area contributed by atoms with E-state index in [0.29, 0.717) is 6.54 Å². The molecule has 1 amide bonds. The highest BCUT2D eigenvalue weighted by Gasteiger charge is 2.28. The van der Waals surface area contributed by atoms with Crippen LogP contribution in [0.5, 0.6) is 0 Å². The third kappa shape index (κ3) is 3.62. The molecule has 0 saturated carbocycles. The molecule has 0 atom stereocenters. The van der Waals surface area contributed by atoms with Crippen LogP contribution in [0.1, 0.15) is 25.3 Å². The van der Waals surface area contributed by atoms with Crippen LogP contribution in [-0.4, -0.2) is 17.4 Å². The summed E-state index contributed by atoms with van der Waals surface area (Å²) in [5, 5.41) is 3.42. The number of carbonyl (C=O) groups is 1. The molecule has 3 nitrogen and oxygen atoms in total. The summed E-state index contributed by atoms with van der Waals surface area (Å²) in [6.45, 7) is 3.57. The van der Waals surface area contributed by atoms with Crippen molar-refractivity contribution in [2.45, 2.75) is 26.3 Å². The van der Waals surface area contributed by atoms with E-state index in [4.69, 9.17) is 0 Å². The summed E-state index contributed by atoms with van der Waals surface area (Å²) in [5.74, 6) is 0.161. The first-order chi connectivity index (χ1) is 11.3. The Hall–Kier alpha value is -2.55. The molecule has 23 heavy (non-hydrogen) atoms. The van der Waals surface area contributed by atoms with Crippen molar-refractivity contribution in [3.63, 3.8) is 0 Å². The number of anilines is 1. The molecule has 2 aromatic carbocycles. The first kappa shape index (κ1) is 15.3. The van der Waals surface area contributed by atoms with Crippen LogP contribution in [-0.2, 0) is 11.3 Å². The van der Waals surface area contributed by atoms with Crippen LogP contribution in [0, 0.1) is 0 Å². The van der Waals surface area contributed by atoms with Gasteiger partial charge in [0.25, 0.3) is 5.91 Å².